The molecule has 1 aliphatic rings. The zero-order valence-electron chi connectivity index (χ0n) is 7.69. The second-order valence-corrected chi connectivity index (χ2v) is 3.87. The molecule has 1 N–H and O–H groups in total. The molecular weight excluding hydrogens is 168 g/mol. The van der Waals surface area contributed by atoms with Gasteiger partial charge in [0.25, 0.3) is 0 Å². The third-order valence-corrected chi connectivity index (χ3v) is 2.90. The first kappa shape index (κ1) is 10.1. The highest BCUT2D eigenvalue weighted by Gasteiger charge is 2.41. The molecule has 0 aromatic carbocycles. The van der Waals surface area contributed by atoms with E-state index in [1.807, 2.05) is 0 Å². The zero-order chi connectivity index (χ0) is 10.1. The fraction of sp³-hybridized carbons (Fsp3) is 0.600. The van der Waals surface area contributed by atoms with E-state index in [1.54, 1.807) is 6.92 Å². The fourth-order valence-electron chi connectivity index (χ4n) is 1.79. The van der Waals surface area contributed by atoms with Gasteiger partial charge in [0.05, 0.1) is 6.10 Å². The largest absolute Gasteiger partial charge is 0.389 e. The van der Waals surface area contributed by atoms with Gasteiger partial charge in [-0.05, 0) is 18.4 Å². The highest BCUT2D eigenvalue weighted by Crippen LogP contribution is 2.40. The van der Waals surface area contributed by atoms with Crippen molar-refractivity contribution in [3.05, 3.63) is 12.2 Å². The van der Waals surface area contributed by atoms with Crippen LogP contribution in [0.5, 0.6) is 0 Å². The van der Waals surface area contributed by atoms with Crippen LogP contribution in [0.3, 0.4) is 0 Å². The van der Waals surface area contributed by atoms with Crippen LogP contribution < -0.4 is 0 Å². The lowest BCUT2D eigenvalue weighted by Crippen LogP contribution is -2.40. The monoisotopic (exact) mass is 182 g/mol. The van der Waals surface area contributed by atoms with Crippen LogP contribution in [-0.2, 0) is 9.59 Å². The summed E-state index contributed by atoms with van der Waals surface area (Å²) < 4.78 is 0. The van der Waals surface area contributed by atoms with Gasteiger partial charge in [-0.1, -0.05) is 13.5 Å². The number of hydrogen-bond donors (Lipinski definition) is 1. The van der Waals surface area contributed by atoms with E-state index >= 15 is 0 Å². The quantitative estimate of drug-likeness (QED) is 0.505. The lowest BCUT2D eigenvalue weighted by Gasteiger charge is -2.37. The first-order chi connectivity index (χ1) is 6.05. The Kier molecular flexibility index (Phi) is 2.66. The van der Waals surface area contributed by atoms with Crippen molar-refractivity contribution in [2.75, 3.05) is 0 Å². The van der Waals surface area contributed by atoms with Crippen LogP contribution >= 0.6 is 0 Å². The van der Waals surface area contributed by atoms with Gasteiger partial charge in [-0.25, -0.2) is 0 Å². The fourth-order valence-corrected chi connectivity index (χ4v) is 1.79. The van der Waals surface area contributed by atoms with Crippen molar-refractivity contribution >= 4 is 12.6 Å². The standard InChI is InChI=1S/C10H14O3/c1-7-8(5-11)10(2,6-12)4-3-9(7)13/h5-6,8-9,13H,1,3-4H2,2H3/t8-,9+,10+/m1/s1. The highest BCUT2D eigenvalue weighted by atomic mass is 16.3. The van der Waals surface area contributed by atoms with Crippen LogP contribution in [0.25, 0.3) is 0 Å². The van der Waals surface area contributed by atoms with Gasteiger partial charge in [0, 0.05) is 11.3 Å². The minimum atomic E-state index is -0.669. The molecule has 0 unspecified atom stereocenters. The molecule has 3 nitrogen and oxygen atoms in total. The van der Waals surface area contributed by atoms with Crippen molar-refractivity contribution < 1.29 is 14.7 Å². The smallest absolute Gasteiger partial charge is 0.128 e. The average Bonchev–Trinajstić information content (AvgIpc) is 2.13. The molecule has 3 heteroatoms. The Labute approximate surface area is 77.4 Å². The molecule has 0 aromatic rings. The van der Waals surface area contributed by atoms with Gasteiger partial charge in [-0.15, -0.1) is 0 Å². The lowest BCUT2D eigenvalue weighted by atomic mass is 9.66. The summed E-state index contributed by atoms with van der Waals surface area (Å²) in [7, 11) is 0. The van der Waals surface area contributed by atoms with Crippen molar-refractivity contribution in [1.29, 1.82) is 0 Å². The zero-order valence-corrected chi connectivity index (χ0v) is 7.69. The van der Waals surface area contributed by atoms with E-state index in [1.165, 1.54) is 0 Å². The molecular formula is C10H14O3. The van der Waals surface area contributed by atoms with Crippen molar-refractivity contribution in [3.63, 3.8) is 0 Å². The highest BCUT2D eigenvalue weighted by molar-refractivity contribution is 5.72. The van der Waals surface area contributed by atoms with Crippen LogP contribution in [0.4, 0.5) is 0 Å². The summed E-state index contributed by atoms with van der Waals surface area (Å²) >= 11 is 0. The minimum Gasteiger partial charge on any atom is -0.389 e. The number of hydrogen-bond acceptors (Lipinski definition) is 3. The Morgan fingerprint density at radius 3 is 2.69 bits per heavy atom. The molecule has 72 valence electrons. The molecule has 0 spiro atoms. The molecule has 0 heterocycles. The molecule has 0 saturated heterocycles. The maximum absolute atomic E-state index is 10.8. The van der Waals surface area contributed by atoms with Crippen LogP contribution in [0.15, 0.2) is 12.2 Å². The van der Waals surface area contributed by atoms with Gasteiger partial charge in [-0.2, -0.15) is 0 Å². The Bertz CT molecular complexity index is 247. The SMILES string of the molecule is C=C1[C@@H](C=O)[C@](C)(C=O)CC[C@@H]1O. The van der Waals surface area contributed by atoms with E-state index in [4.69, 9.17) is 0 Å². The van der Waals surface area contributed by atoms with Gasteiger partial charge in [0.15, 0.2) is 0 Å². The van der Waals surface area contributed by atoms with Crippen LogP contribution in [0.2, 0.25) is 0 Å². The molecule has 0 aromatic heterocycles. The Morgan fingerprint density at radius 2 is 2.23 bits per heavy atom. The van der Waals surface area contributed by atoms with Gasteiger partial charge in [0.1, 0.15) is 12.6 Å². The molecule has 1 fully saturated rings. The van der Waals surface area contributed by atoms with E-state index in [9.17, 15) is 14.7 Å². The van der Waals surface area contributed by atoms with E-state index in [0.29, 0.717) is 24.7 Å². The van der Waals surface area contributed by atoms with Crippen LogP contribution in [0.1, 0.15) is 19.8 Å². The normalized spacial score (nSPS) is 40.0. The lowest BCUT2D eigenvalue weighted by molar-refractivity contribution is -0.126. The molecule has 0 radical (unpaired) electrons. The molecule has 13 heavy (non-hydrogen) atoms. The molecule has 1 saturated carbocycles. The third-order valence-electron chi connectivity index (χ3n) is 2.90. The third kappa shape index (κ3) is 1.56. The molecule has 0 amide bonds. The number of aliphatic hydroxyl groups is 1. The van der Waals surface area contributed by atoms with Crippen LogP contribution in [0, 0.1) is 11.3 Å². The van der Waals surface area contributed by atoms with E-state index in [-0.39, 0.29) is 0 Å². The van der Waals surface area contributed by atoms with Gasteiger partial charge >= 0.3 is 0 Å². The van der Waals surface area contributed by atoms with E-state index in [2.05, 4.69) is 6.58 Å². The van der Waals surface area contributed by atoms with Gasteiger partial charge < -0.3 is 14.7 Å². The summed E-state index contributed by atoms with van der Waals surface area (Å²) in [6.07, 6.45) is 1.92. The molecule has 1 rings (SSSR count). The maximum atomic E-state index is 10.8. The summed E-state index contributed by atoms with van der Waals surface area (Å²) in [5, 5.41) is 9.43. The first-order valence-corrected chi connectivity index (χ1v) is 4.33. The van der Waals surface area contributed by atoms with Crippen molar-refractivity contribution in [3.8, 4) is 0 Å². The molecule has 0 bridgehead atoms. The summed E-state index contributed by atoms with van der Waals surface area (Å²) in [5.41, 5.74) is -0.200. The summed E-state index contributed by atoms with van der Waals surface area (Å²) in [5.74, 6) is -0.534. The summed E-state index contributed by atoms with van der Waals surface area (Å²) in [4.78, 5) is 21.6. The minimum absolute atomic E-state index is 0.468. The van der Waals surface area contributed by atoms with Crippen molar-refractivity contribution in [2.24, 2.45) is 11.3 Å². The van der Waals surface area contributed by atoms with Gasteiger partial charge in [0.2, 0.25) is 0 Å². The van der Waals surface area contributed by atoms with E-state index in [0.717, 1.165) is 6.29 Å². The Hall–Kier alpha value is -0.960. The average molecular weight is 182 g/mol. The van der Waals surface area contributed by atoms with E-state index < -0.39 is 17.4 Å². The second kappa shape index (κ2) is 3.42. The predicted molar refractivity (Wildman–Crippen MR) is 48.1 cm³/mol. The maximum Gasteiger partial charge on any atom is 0.128 e. The number of carbonyl (C=O) groups is 2. The Balaban J connectivity index is 2.96. The first-order valence-electron chi connectivity index (χ1n) is 4.33. The molecule has 0 aliphatic heterocycles. The van der Waals surface area contributed by atoms with Gasteiger partial charge in [-0.3, -0.25) is 0 Å². The van der Waals surface area contributed by atoms with Crippen LogP contribution in [-0.4, -0.2) is 23.8 Å². The second-order valence-electron chi connectivity index (χ2n) is 3.87. The number of aliphatic hydroxyl groups excluding tert-OH is 1. The summed E-state index contributed by atoms with van der Waals surface area (Å²) in [6, 6.07) is 0. The predicted octanol–water partition coefficient (Wildman–Crippen LogP) is 0.718. The molecule has 1 aliphatic carbocycles. The number of carbonyl (C=O) groups excluding carboxylic acids is 2. The van der Waals surface area contributed by atoms with Crippen molar-refractivity contribution in [1.82, 2.24) is 0 Å². The number of rotatable bonds is 2. The molecule has 3 atom stereocenters. The Morgan fingerprint density at radius 1 is 1.62 bits per heavy atom. The number of aldehydes is 2. The van der Waals surface area contributed by atoms with Crippen molar-refractivity contribution in [2.45, 2.75) is 25.9 Å². The topological polar surface area (TPSA) is 54.4 Å². The summed E-state index contributed by atoms with van der Waals surface area (Å²) in [6.45, 7) is 5.38.